The van der Waals surface area contributed by atoms with Gasteiger partial charge in [0.2, 0.25) is 6.29 Å². The molecule has 2 heterocycles. The second kappa shape index (κ2) is 10.5. The maximum absolute atomic E-state index is 5.96. The Balaban J connectivity index is 1.37. The van der Waals surface area contributed by atoms with Crippen molar-refractivity contribution in [2.45, 2.75) is 31.7 Å². The highest BCUT2D eigenvalue weighted by Crippen LogP contribution is 2.41. The van der Waals surface area contributed by atoms with Crippen molar-refractivity contribution < 1.29 is 23.7 Å². The highest BCUT2D eigenvalue weighted by atomic mass is 16.7. The lowest BCUT2D eigenvalue weighted by Gasteiger charge is -2.33. The lowest BCUT2D eigenvalue weighted by Crippen LogP contribution is -2.30. The molecule has 0 amide bonds. The van der Waals surface area contributed by atoms with Gasteiger partial charge in [0.05, 0.1) is 13.2 Å². The predicted octanol–water partition coefficient (Wildman–Crippen LogP) is 5.63. The third-order valence-electron chi connectivity index (χ3n) is 6.51. The van der Waals surface area contributed by atoms with Gasteiger partial charge in [-0.25, -0.2) is 0 Å². The third-order valence-corrected chi connectivity index (χ3v) is 6.51. The van der Waals surface area contributed by atoms with Gasteiger partial charge >= 0.3 is 0 Å². The molecule has 0 N–H and O–H groups in total. The zero-order valence-electron chi connectivity index (χ0n) is 19.6. The van der Waals surface area contributed by atoms with Gasteiger partial charge in [0, 0.05) is 12.3 Å². The van der Waals surface area contributed by atoms with Gasteiger partial charge in [0.25, 0.3) is 0 Å². The molecule has 178 valence electrons. The SMILES string of the molecule is C=CCOc1ccc(C(c2ccc(OCC3CO3)cc2)C2C=CC(OC3CCO3)=CC2C)cc1. The van der Waals surface area contributed by atoms with Crippen LogP contribution in [0.15, 0.2) is 85.2 Å². The summed E-state index contributed by atoms with van der Waals surface area (Å²) in [5.74, 6) is 3.36. The van der Waals surface area contributed by atoms with Gasteiger partial charge < -0.3 is 23.7 Å². The molecule has 2 aliphatic heterocycles. The van der Waals surface area contributed by atoms with E-state index in [1.807, 2.05) is 12.1 Å². The fourth-order valence-corrected chi connectivity index (χ4v) is 4.45. The van der Waals surface area contributed by atoms with E-state index < -0.39 is 0 Å². The molecule has 0 bridgehead atoms. The number of hydrogen-bond donors (Lipinski definition) is 0. The van der Waals surface area contributed by atoms with Crippen LogP contribution in [0.3, 0.4) is 0 Å². The summed E-state index contributed by atoms with van der Waals surface area (Å²) in [6, 6.07) is 16.9. The van der Waals surface area contributed by atoms with Crippen molar-refractivity contribution in [2.75, 3.05) is 26.4 Å². The van der Waals surface area contributed by atoms with Crippen LogP contribution >= 0.6 is 0 Å². The molecule has 34 heavy (non-hydrogen) atoms. The van der Waals surface area contributed by atoms with Gasteiger partial charge in [-0.05, 0) is 59.4 Å². The molecule has 5 unspecified atom stereocenters. The van der Waals surface area contributed by atoms with Crippen molar-refractivity contribution in [3.05, 3.63) is 96.3 Å². The molecule has 0 saturated carbocycles. The summed E-state index contributed by atoms with van der Waals surface area (Å²) >= 11 is 0. The first-order valence-electron chi connectivity index (χ1n) is 12.1. The molecule has 0 aromatic heterocycles. The number of allylic oxidation sites excluding steroid dienone is 3. The zero-order chi connectivity index (χ0) is 23.3. The van der Waals surface area contributed by atoms with E-state index in [1.165, 1.54) is 11.1 Å². The lowest BCUT2D eigenvalue weighted by molar-refractivity contribution is -0.192. The minimum absolute atomic E-state index is 0.104. The van der Waals surface area contributed by atoms with E-state index in [0.717, 1.165) is 36.9 Å². The highest BCUT2D eigenvalue weighted by Gasteiger charge is 2.30. The zero-order valence-corrected chi connectivity index (χ0v) is 19.6. The van der Waals surface area contributed by atoms with E-state index in [-0.39, 0.29) is 24.2 Å². The van der Waals surface area contributed by atoms with Crippen molar-refractivity contribution >= 4 is 0 Å². The third kappa shape index (κ3) is 5.54. The predicted molar refractivity (Wildman–Crippen MR) is 131 cm³/mol. The van der Waals surface area contributed by atoms with Crippen LogP contribution in [-0.4, -0.2) is 38.8 Å². The molecule has 5 heteroatoms. The van der Waals surface area contributed by atoms with E-state index in [2.05, 4.69) is 68.1 Å². The summed E-state index contributed by atoms with van der Waals surface area (Å²) in [4.78, 5) is 0. The van der Waals surface area contributed by atoms with E-state index in [0.29, 0.717) is 19.1 Å². The molecule has 3 aliphatic rings. The molecule has 2 aromatic carbocycles. The maximum Gasteiger partial charge on any atom is 0.202 e. The van der Waals surface area contributed by atoms with Crippen molar-refractivity contribution in [1.82, 2.24) is 0 Å². The average Bonchev–Trinajstić information content (AvgIpc) is 3.66. The van der Waals surface area contributed by atoms with Crippen LogP contribution in [-0.2, 0) is 14.2 Å². The Morgan fingerprint density at radius 1 is 1.00 bits per heavy atom. The van der Waals surface area contributed by atoms with Crippen LogP contribution in [0.25, 0.3) is 0 Å². The van der Waals surface area contributed by atoms with Gasteiger partial charge in [-0.3, -0.25) is 0 Å². The van der Waals surface area contributed by atoms with Crippen molar-refractivity contribution in [3.8, 4) is 11.5 Å². The molecule has 5 nitrogen and oxygen atoms in total. The largest absolute Gasteiger partial charge is 0.491 e. The fourth-order valence-electron chi connectivity index (χ4n) is 4.45. The topological polar surface area (TPSA) is 49.5 Å². The fraction of sp³-hybridized carbons (Fsp3) is 0.379. The first-order chi connectivity index (χ1) is 16.7. The van der Waals surface area contributed by atoms with Crippen LogP contribution in [0.5, 0.6) is 11.5 Å². The Morgan fingerprint density at radius 3 is 2.18 bits per heavy atom. The van der Waals surface area contributed by atoms with Crippen LogP contribution < -0.4 is 9.47 Å². The number of rotatable bonds is 11. The Bertz CT molecular complexity index is 1020. The number of benzene rings is 2. The van der Waals surface area contributed by atoms with Gasteiger partial charge in [0.1, 0.15) is 36.6 Å². The van der Waals surface area contributed by atoms with Crippen molar-refractivity contribution in [1.29, 1.82) is 0 Å². The molecule has 5 rings (SSSR count). The number of ether oxygens (including phenoxy) is 5. The summed E-state index contributed by atoms with van der Waals surface area (Å²) in [7, 11) is 0. The Morgan fingerprint density at radius 2 is 1.65 bits per heavy atom. The van der Waals surface area contributed by atoms with Crippen LogP contribution in [0.1, 0.15) is 30.4 Å². The second-order valence-electron chi connectivity index (χ2n) is 9.05. The summed E-state index contributed by atoms with van der Waals surface area (Å²) in [5, 5.41) is 0. The molecule has 5 atom stereocenters. The average molecular weight is 461 g/mol. The minimum Gasteiger partial charge on any atom is -0.491 e. The molecule has 2 saturated heterocycles. The number of hydrogen-bond acceptors (Lipinski definition) is 5. The van der Waals surface area contributed by atoms with Gasteiger partial charge in [-0.2, -0.15) is 0 Å². The van der Waals surface area contributed by atoms with Gasteiger partial charge in [-0.1, -0.05) is 49.9 Å². The highest BCUT2D eigenvalue weighted by molar-refractivity contribution is 5.41. The number of epoxide rings is 1. The minimum atomic E-state index is -0.104. The molecular weight excluding hydrogens is 428 g/mol. The molecule has 0 radical (unpaired) electrons. The first-order valence-corrected chi connectivity index (χ1v) is 12.1. The Hall–Kier alpha value is -3.02. The van der Waals surface area contributed by atoms with E-state index >= 15 is 0 Å². The molecule has 0 spiro atoms. The Kier molecular flexibility index (Phi) is 7.02. The van der Waals surface area contributed by atoms with Crippen molar-refractivity contribution in [3.63, 3.8) is 0 Å². The normalized spacial score (nSPS) is 26.1. The maximum atomic E-state index is 5.96. The summed E-state index contributed by atoms with van der Waals surface area (Å²) in [5.41, 5.74) is 2.49. The van der Waals surface area contributed by atoms with E-state index in [4.69, 9.17) is 23.7 Å². The second-order valence-corrected chi connectivity index (χ2v) is 9.05. The van der Waals surface area contributed by atoms with Crippen molar-refractivity contribution in [2.24, 2.45) is 11.8 Å². The van der Waals surface area contributed by atoms with Gasteiger partial charge in [0.15, 0.2) is 0 Å². The van der Waals surface area contributed by atoms with Gasteiger partial charge in [-0.15, -0.1) is 0 Å². The summed E-state index contributed by atoms with van der Waals surface area (Å²) < 4.78 is 28.2. The molecule has 2 aromatic rings. The molecule has 2 fully saturated rings. The smallest absolute Gasteiger partial charge is 0.202 e. The standard InChI is InChI=1S/C29H32O5/c1-3-15-30-23-8-4-21(5-9-23)29(22-6-10-24(11-7-22)32-18-26-19-33-26)27-13-12-25(17-20(27)2)34-28-14-16-31-28/h3-13,17,20,26-29H,1,14-16,18-19H2,2H3. The van der Waals surface area contributed by atoms with E-state index in [9.17, 15) is 0 Å². The first kappa shape index (κ1) is 22.8. The Labute approximate surface area is 201 Å². The summed E-state index contributed by atoms with van der Waals surface area (Å²) in [6.45, 7) is 8.65. The summed E-state index contributed by atoms with van der Waals surface area (Å²) in [6.07, 6.45) is 9.43. The van der Waals surface area contributed by atoms with Crippen LogP contribution in [0, 0.1) is 11.8 Å². The van der Waals surface area contributed by atoms with Crippen LogP contribution in [0.2, 0.25) is 0 Å². The van der Waals surface area contributed by atoms with Crippen LogP contribution in [0.4, 0.5) is 0 Å². The van der Waals surface area contributed by atoms with E-state index in [1.54, 1.807) is 6.08 Å². The molecular formula is C29H32O5. The molecule has 1 aliphatic carbocycles. The monoisotopic (exact) mass is 460 g/mol. The quantitative estimate of drug-likeness (QED) is 0.321. The lowest BCUT2D eigenvalue weighted by atomic mass is 9.73.